The minimum Gasteiger partial charge on any atom is -0.478 e. The molecule has 0 aromatic carbocycles. The number of carbonyl (C=O) groups is 2. The van der Waals surface area contributed by atoms with E-state index < -0.39 is 54.9 Å². The van der Waals surface area contributed by atoms with Crippen LogP contribution in [-0.4, -0.2) is 69.6 Å². The molecule has 9 heteroatoms. The molecule has 1 aliphatic rings. The van der Waals surface area contributed by atoms with Gasteiger partial charge in [-0.3, -0.25) is 4.79 Å². The molecule has 1 heterocycles. The third-order valence-corrected chi connectivity index (χ3v) is 3.04. The molecule has 1 amide bonds. The molecule has 1 rings (SSSR count). The summed E-state index contributed by atoms with van der Waals surface area (Å²) < 4.78 is 9.98. The van der Waals surface area contributed by atoms with E-state index in [4.69, 9.17) is 19.7 Å². The smallest absolute Gasteiger partial charge is 0.370 e. The summed E-state index contributed by atoms with van der Waals surface area (Å²) in [6, 6.07) is -1.20. The van der Waals surface area contributed by atoms with Gasteiger partial charge in [-0.25, -0.2) is 4.79 Å². The molecule has 1 fully saturated rings. The quantitative estimate of drug-likeness (QED) is 0.278. The molecule has 1 unspecified atom stereocenters. The lowest BCUT2D eigenvalue weighted by atomic mass is 9.96. The van der Waals surface area contributed by atoms with Crippen LogP contribution in [0.1, 0.15) is 13.3 Å². The Morgan fingerprint density at radius 1 is 1.38 bits per heavy atom. The minimum absolute atomic E-state index is 0.106. The lowest BCUT2D eigenvalue weighted by Crippen LogP contribution is -2.64. The van der Waals surface area contributed by atoms with Gasteiger partial charge in [-0.1, -0.05) is 6.92 Å². The van der Waals surface area contributed by atoms with Crippen LogP contribution in [-0.2, 0) is 19.1 Å². The highest BCUT2D eigenvalue weighted by Crippen LogP contribution is 2.24. The number of rotatable bonds is 6. The molecule has 0 spiro atoms. The van der Waals surface area contributed by atoms with Crippen LogP contribution < -0.4 is 5.32 Å². The van der Waals surface area contributed by atoms with E-state index in [2.05, 4.69) is 11.9 Å². The van der Waals surface area contributed by atoms with E-state index in [0.717, 1.165) is 0 Å². The lowest BCUT2D eigenvalue weighted by Gasteiger charge is -2.42. The molecule has 0 radical (unpaired) electrons. The molecule has 0 aliphatic carbocycles. The molecule has 9 nitrogen and oxygen atoms in total. The van der Waals surface area contributed by atoms with Gasteiger partial charge in [0.15, 0.2) is 18.2 Å². The van der Waals surface area contributed by atoms with E-state index >= 15 is 0 Å². The first kappa shape index (κ1) is 17.4. The Morgan fingerprint density at radius 3 is 2.48 bits per heavy atom. The van der Waals surface area contributed by atoms with Crippen LogP contribution in [0.5, 0.6) is 0 Å². The maximum Gasteiger partial charge on any atom is 0.370 e. The first-order valence-corrected chi connectivity index (χ1v) is 6.32. The Labute approximate surface area is 120 Å². The van der Waals surface area contributed by atoms with Crippen LogP contribution in [0.25, 0.3) is 0 Å². The number of carboxylic acids is 1. The number of amides is 1. The fraction of sp³-hybridized carbons (Fsp3) is 0.667. The molecule has 1 saturated heterocycles. The topological polar surface area (TPSA) is 146 Å². The number of aliphatic hydroxyl groups is 3. The van der Waals surface area contributed by atoms with Gasteiger partial charge in [0.2, 0.25) is 5.91 Å². The zero-order valence-corrected chi connectivity index (χ0v) is 11.4. The van der Waals surface area contributed by atoms with Crippen molar-refractivity contribution in [2.45, 2.75) is 44.0 Å². The zero-order valence-electron chi connectivity index (χ0n) is 11.4. The van der Waals surface area contributed by atoms with Gasteiger partial charge < -0.3 is 35.2 Å². The molecule has 1 aliphatic heterocycles. The number of carbonyl (C=O) groups excluding carboxylic acids is 1. The van der Waals surface area contributed by atoms with E-state index in [1.165, 1.54) is 0 Å². The van der Waals surface area contributed by atoms with Crippen LogP contribution in [0.15, 0.2) is 12.3 Å². The Bertz CT molecular complexity index is 412. The van der Waals surface area contributed by atoms with Gasteiger partial charge in [-0.05, 0) is 6.58 Å². The van der Waals surface area contributed by atoms with Gasteiger partial charge in [-0.2, -0.15) is 0 Å². The van der Waals surface area contributed by atoms with Crippen LogP contribution in [0.4, 0.5) is 0 Å². The van der Waals surface area contributed by atoms with Crippen molar-refractivity contribution in [1.29, 1.82) is 0 Å². The van der Waals surface area contributed by atoms with Crippen molar-refractivity contribution in [3.8, 4) is 0 Å². The van der Waals surface area contributed by atoms with E-state index in [1.54, 1.807) is 6.92 Å². The Balaban J connectivity index is 2.96. The first-order valence-electron chi connectivity index (χ1n) is 6.32. The maximum absolute atomic E-state index is 11.4. The highest BCUT2D eigenvalue weighted by Gasteiger charge is 2.47. The molecule has 0 saturated carbocycles. The van der Waals surface area contributed by atoms with Crippen LogP contribution in [0.3, 0.4) is 0 Å². The Hall–Kier alpha value is -1.68. The van der Waals surface area contributed by atoms with Crippen molar-refractivity contribution >= 4 is 11.9 Å². The normalized spacial score (nSPS) is 32.3. The number of ether oxygens (including phenoxy) is 2. The SMILES string of the molecule is C=C(O[C@H]1[C@H](O)[C@@H](CO)OC(O)[C@@H]1NC(=O)CC)C(=O)O. The number of aliphatic hydroxyl groups excluding tert-OH is 3. The van der Waals surface area contributed by atoms with Crippen molar-refractivity contribution in [3.05, 3.63) is 12.3 Å². The molecular weight excluding hydrogens is 286 g/mol. The van der Waals surface area contributed by atoms with E-state index in [9.17, 15) is 19.8 Å². The van der Waals surface area contributed by atoms with Gasteiger partial charge in [0.25, 0.3) is 0 Å². The fourth-order valence-electron chi connectivity index (χ4n) is 1.88. The second-order valence-electron chi connectivity index (χ2n) is 4.50. The van der Waals surface area contributed by atoms with E-state index in [-0.39, 0.29) is 6.42 Å². The third-order valence-electron chi connectivity index (χ3n) is 3.04. The average molecular weight is 305 g/mol. The number of carboxylic acid groups (broad SMARTS) is 1. The monoisotopic (exact) mass is 305 g/mol. The standard InChI is InChI=1S/C12H19NO8/c1-3-7(15)13-8-10(20-5(2)11(17)18)9(16)6(4-14)21-12(8)19/h6,8-10,12,14,16,19H,2-4H2,1H3,(H,13,15)(H,17,18)/t6-,8-,9-,10-,12?/m1/s1. The van der Waals surface area contributed by atoms with Crippen LogP contribution in [0.2, 0.25) is 0 Å². The zero-order chi connectivity index (χ0) is 16.2. The van der Waals surface area contributed by atoms with E-state index in [1.807, 2.05) is 0 Å². The highest BCUT2D eigenvalue weighted by molar-refractivity contribution is 5.83. The largest absolute Gasteiger partial charge is 0.478 e. The molecular formula is C12H19NO8. The molecule has 120 valence electrons. The van der Waals surface area contributed by atoms with Gasteiger partial charge in [0, 0.05) is 6.42 Å². The first-order chi connectivity index (χ1) is 9.81. The molecule has 5 atom stereocenters. The summed E-state index contributed by atoms with van der Waals surface area (Å²) in [6.45, 7) is 4.12. The Morgan fingerprint density at radius 2 is 2.00 bits per heavy atom. The predicted octanol–water partition coefficient (Wildman–Crippen LogP) is -2.06. The average Bonchev–Trinajstić information content (AvgIpc) is 2.45. The maximum atomic E-state index is 11.4. The predicted molar refractivity (Wildman–Crippen MR) is 67.8 cm³/mol. The van der Waals surface area contributed by atoms with Crippen molar-refractivity contribution in [2.24, 2.45) is 0 Å². The second kappa shape index (κ2) is 7.36. The second-order valence-corrected chi connectivity index (χ2v) is 4.50. The van der Waals surface area contributed by atoms with E-state index in [0.29, 0.717) is 0 Å². The molecule has 0 aromatic heterocycles. The molecule has 5 N–H and O–H groups in total. The molecule has 21 heavy (non-hydrogen) atoms. The number of hydrogen-bond donors (Lipinski definition) is 5. The summed E-state index contributed by atoms with van der Waals surface area (Å²) in [5, 5.41) is 40.1. The number of nitrogens with one attached hydrogen (secondary N) is 1. The third kappa shape index (κ3) is 4.14. The molecule has 0 bridgehead atoms. The van der Waals surface area contributed by atoms with Crippen molar-refractivity contribution < 1.29 is 39.5 Å². The van der Waals surface area contributed by atoms with Crippen molar-refractivity contribution in [3.63, 3.8) is 0 Å². The fourth-order valence-corrected chi connectivity index (χ4v) is 1.88. The summed E-state index contributed by atoms with van der Waals surface area (Å²) in [5.74, 6) is -2.57. The van der Waals surface area contributed by atoms with Gasteiger partial charge in [-0.15, -0.1) is 0 Å². The summed E-state index contributed by atoms with van der Waals surface area (Å²) in [4.78, 5) is 22.2. The summed E-state index contributed by atoms with van der Waals surface area (Å²) >= 11 is 0. The van der Waals surface area contributed by atoms with Crippen molar-refractivity contribution in [1.82, 2.24) is 5.32 Å². The minimum atomic E-state index is -1.58. The lowest BCUT2D eigenvalue weighted by molar-refractivity contribution is -0.256. The highest BCUT2D eigenvalue weighted by atomic mass is 16.6. The number of hydrogen-bond acceptors (Lipinski definition) is 7. The van der Waals surface area contributed by atoms with Crippen molar-refractivity contribution in [2.75, 3.05) is 6.61 Å². The van der Waals surface area contributed by atoms with Gasteiger partial charge in [0.05, 0.1) is 6.61 Å². The van der Waals surface area contributed by atoms with Gasteiger partial charge in [0.1, 0.15) is 18.2 Å². The van der Waals surface area contributed by atoms with Crippen LogP contribution in [0, 0.1) is 0 Å². The van der Waals surface area contributed by atoms with Crippen LogP contribution >= 0.6 is 0 Å². The summed E-state index contributed by atoms with van der Waals surface area (Å²) in [6.07, 6.45) is -5.44. The number of aliphatic carboxylic acids is 1. The molecule has 0 aromatic rings. The summed E-state index contributed by atoms with van der Waals surface area (Å²) in [7, 11) is 0. The Kier molecular flexibility index (Phi) is 6.09. The summed E-state index contributed by atoms with van der Waals surface area (Å²) in [5.41, 5.74) is 0. The van der Waals surface area contributed by atoms with Gasteiger partial charge >= 0.3 is 5.97 Å².